The van der Waals surface area contributed by atoms with Gasteiger partial charge in [0.25, 0.3) is 0 Å². The number of thiophene rings is 1. The molecule has 0 saturated heterocycles. The highest BCUT2D eigenvalue weighted by Crippen LogP contribution is 2.26. The summed E-state index contributed by atoms with van der Waals surface area (Å²) in [5.41, 5.74) is 2.39. The molecule has 0 amide bonds. The Morgan fingerprint density at radius 3 is 2.90 bits per heavy atom. The number of rotatable bonds is 5. The first kappa shape index (κ1) is 13.8. The molecule has 3 rings (SSSR count). The van der Waals surface area contributed by atoms with E-state index in [1.165, 1.54) is 11.1 Å². The molecule has 0 fully saturated rings. The summed E-state index contributed by atoms with van der Waals surface area (Å²) in [6.07, 6.45) is 3.69. The Bertz CT molecular complexity index is 753. The topological polar surface area (TPSA) is 62.7 Å². The molecule has 0 radical (unpaired) electrons. The summed E-state index contributed by atoms with van der Waals surface area (Å²) in [7, 11) is 0. The van der Waals surface area contributed by atoms with Gasteiger partial charge in [-0.3, -0.25) is 4.98 Å². The molecule has 0 spiro atoms. The van der Waals surface area contributed by atoms with Crippen LogP contribution in [0.5, 0.6) is 0 Å². The Morgan fingerprint density at radius 2 is 2.10 bits per heavy atom. The van der Waals surface area contributed by atoms with Crippen molar-refractivity contribution in [2.45, 2.75) is 20.4 Å². The van der Waals surface area contributed by atoms with Gasteiger partial charge in [-0.15, -0.1) is 11.3 Å². The molecular weight excluding hydrogens is 282 g/mol. The van der Waals surface area contributed by atoms with E-state index in [1.54, 1.807) is 11.3 Å². The molecule has 21 heavy (non-hydrogen) atoms. The van der Waals surface area contributed by atoms with E-state index in [9.17, 15) is 0 Å². The Balaban J connectivity index is 1.89. The Hall–Kier alpha value is -2.21. The predicted octanol–water partition coefficient (Wildman–Crippen LogP) is 3.44. The summed E-state index contributed by atoms with van der Waals surface area (Å²) in [6, 6.07) is 4.08. The van der Waals surface area contributed by atoms with Gasteiger partial charge in [0.05, 0.1) is 5.39 Å². The van der Waals surface area contributed by atoms with E-state index in [1.807, 2.05) is 30.8 Å². The second kappa shape index (κ2) is 6.05. The first-order valence-corrected chi connectivity index (χ1v) is 7.78. The van der Waals surface area contributed by atoms with Crippen LogP contribution in [-0.4, -0.2) is 21.5 Å². The summed E-state index contributed by atoms with van der Waals surface area (Å²) in [6.45, 7) is 5.63. The molecule has 0 unspecified atom stereocenters. The minimum Gasteiger partial charge on any atom is -0.365 e. The normalized spacial score (nSPS) is 10.8. The van der Waals surface area contributed by atoms with Crippen LogP contribution in [0.4, 0.5) is 11.8 Å². The van der Waals surface area contributed by atoms with Crippen LogP contribution in [0.2, 0.25) is 0 Å². The molecule has 3 aromatic heterocycles. The van der Waals surface area contributed by atoms with Crippen molar-refractivity contribution in [1.82, 2.24) is 15.0 Å². The minimum atomic E-state index is 0.668. The van der Waals surface area contributed by atoms with Gasteiger partial charge in [0.2, 0.25) is 5.95 Å². The maximum Gasteiger partial charge on any atom is 0.226 e. The van der Waals surface area contributed by atoms with Crippen molar-refractivity contribution < 1.29 is 0 Å². The van der Waals surface area contributed by atoms with Crippen molar-refractivity contribution in [2.24, 2.45) is 0 Å². The SMILES string of the molecule is CCNc1nc(NCc2ccncc2C)c2ccsc2n1. The van der Waals surface area contributed by atoms with Crippen molar-refractivity contribution in [3.63, 3.8) is 0 Å². The van der Waals surface area contributed by atoms with Gasteiger partial charge in [0, 0.05) is 25.5 Å². The Kier molecular flexibility index (Phi) is 3.96. The smallest absolute Gasteiger partial charge is 0.226 e. The van der Waals surface area contributed by atoms with Crippen LogP contribution >= 0.6 is 11.3 Å². The van der Waals surface area contributed by atoms with Gasteiger partial charge < -0.3 is 10.6 Å². The fourth-order valence-corrected chi connectivity index (χ4v) is 2.87. The second-order valence-electron chi connectivity index (χ2n) is 4.72. The van der Waals surface area contributed by atoms with Gasteiger partial charge in [-0.1, -0.05) is 0 Å². The molecule has 3 heterocycles. The number of pyridine rings is 1. The molecule has 0 aliphatic carbocycles. The van der Waals surface area contributed by atoms with Crippen molar-refractivity contribution in [3.8, 4) is 0 Å². The number of anilines is 2. The zero-order chi connectivity index (χ0) is 14.7. The quantitative estimate of drug-likeness (QED) is 0.755. The third-order valence-electron chi connectivity index (χ3n) is 3.24. The highest BCUT2D eigenvalue weighted by molar-refractivity contribution is 7.16. The van der Waals surface area contributed by atoms with Gasteiger partial charge in [-0.2, -0.15) is 4.98 Å². The van der Waals surface area contributed by atoms with E-state index in [-0.39, 0.29) is 0 Å². The zero-order valence-corrected chi connectivity index (χ0v) is 12.9. The second-order valence-corrected chi connectivity index (χ2v) is 5.62. The van der Waals surface area contributed by atoms with Crippen molar-refractivity contribution in [3.05, 3.63) is 41.0 Å². The lowest BCUT2D eigenvalue weighted by atomic mass is 10.1. The minimum absolute atomic E-state index is 0.668. The third-order valence-corrected chi connectivity index (χ3v) is 4.05. The van der Waals surface area contributed by atoms with E-state index in [4.69, 9.17) is 0 Å². The highest BCUT2D eigenvalue weighted by Gasteiger charge is 2.08. The number of fused-ring (bicyclic) bond motifs is 1. The highest BCUT2D eigenvalue weighted by atomic mass is 32.1. The number of nitrogens with zero attached hydrogens (tertiary/aromatic N) is 3. The van der Waals surface area contributed by atoms with Crippen LogP contribution in [0.15, 0.2) is 29.9 Å². The van der Waals surface area contributed by atoms with Crippen molar-refractivity contribution in [1.29, 1.82) is 0 Å². The molecule has 0 bridgehead atoms. The maximum atomic E-state index is 4.57. The number of hydrogen-bond donors (Lipinski definition) is 2. The lowest BCUT2D eigenvalue weighted by Gasteiger charge is -2.10. The molecule has 0 aliphatic rings. The summed E-state index contributed by atoms with van der Waals surface area (Å²) in [5, 5.41) is 9.69. The van der Waals surface area contributed by atoms with E-state index in [0.717, 1.165) is 29.1 Å². The first-order valence-electron chi connectivity index (χ1n) is 6.90. The van der Waals surface area contributed by atoms with Crippen LogP contribution in [0.1, 0.15) is 18.1 Å². The predicted molar refractivity (Wildman–Crippen MR) is 87.9 cm³/mol. The summed E-state index contributed by atoms with van der Waals surface area (Å²) in [4.78, 5) is 14.2. The monoisotopic (exact) mass is 299 g/mol. The number of aromatic nitrogens is 3. The molecule has 0 aromatic carbocycles. The number of aryl methyl sites for hydroxylation is 1. The standard InChI is InChI=1S/C15H17N5S/c1-3-17-15-19-13(12-5-7-21-14(12)20-15)18-9-11-4-6-16-8-10(11)2/h4-8H,3,9H2,1-2H3,(H2,17,18,19,20). The lowest BCUT2D eigenvalue weighted by molar-refractivity contribution is 1.06. The maximum absolute atomic E-state index is 4.57. The van der Waals surface area contributed by atoms with Crippen molar-refractivity contribution >= 4 is 33.3 Å². The fraction of sp³-hybridized carbons (Fsp3) is 0.267. The fourth-order valence-electron chi connectivity index (χ4n) is 2.11. The number of hydrogen-bond acceptors (Lipinski definition) is 6. The molecule has 3 aromatic rings. The largest absolute Gasteiger partial charge is 0.365 e. The van der Waals surface area contributed by atoms with Crippen LogP contribution in [0.3, 0.4) is 0 Å². The summed E-state index contributed by atoms with van der Waals surface area (Å²) in [5.74, 6) is 1.54. The van der Waals surface area contributed by atoms with Crippen LogP contribution < -0.4 is 10.6 Å². The summed E-state index contributed by atoms with van der Waals surface area (Å²) >= 11 is 1.63. The van der Waals surface area contributed by atoms with E-state index >= 15 is 0 Å². The average Bonchev–Trinajstić information content (AvgIpc) is 2.95. The van der Waals surface area contributed by atoms with Gasteiger partial charge in [0.1, 0.15) is 10.6 Å². The molecule has 6 heteroatoms. The van der Waals surface area contributed by atoms with Crippen LogP contribution in [-0.2, 0) is 6.54 Å². The Morgan fingerprint density at radius 1 is 1.19 bits per heavy atom. The molecular formula is C15H17N5S. The average molecular weight is 299 g/mol. The molecule has 108 valence electrons. The van der Waals surface area contributed by atoms with Gasteiger partial charge in [0.15, 0.2) is 0 Å². The molecule has 2 N–H and O–H groups in total. The number of nitrogens with one attached hydrogen (secondary N) is 2. The molecule has 0 atom stereocenters. The Labute approximate surface area is 127 Å². The zero-order valence-electron chi connectivity index (χ0n) is 12.1. The van der Waals surface area contributed by atoms with Gasteiger partial charge in [-0.05, 0) is 42.5 Å². The first-order chi connectivity index (χ1) is 10.3. The third kappa shape index (κ3) is 2.95. The van der Waals surface area contributed by atoms with Crippen LogP contribution in [0, 0.1) is 6.92 Å². The van der Waals surface area contributed by atoms with Gasteiger partial charge in [-0.25, -0.2) is 4.98 Å². The molecule has 0 aliphatic heterocycles. The van der Waals surface area contributed by atoms with Gasteiger partial charge >= 0.3 is 0 Å². The van der Waals surface area contributed by atoms with Crippen molar-refractivity contribution in [2.75, 3.05) is 17.2 Å². The summed E-state index contributed by atoms with van der Waals surface area (Å²) < 4.78 is 0. The van der Waals surface area contributed by atoms with Crippen LogP contribution in [0.25, 0.3) is 10.2 Å². The molecule has 0 saturated carbocycles. The van der Waals surface area contributed by atoms with E-state index < -0.39 is 0 Å². The van der Waals surface area contributed by atoms with E-state index in [0.29, 0.717) is 5.95 Å². The van der Waals surface area contributed by atoms with E-state index in [2.05, 4.69) is 38.6 Å². The lowest BCUT2D eigenvalue weighted by Crippen LogP contribution is -2.07. The molecule has 5 nitrogen and oxygen atoms in total.